The Kier molecular flexibility index (Phi) is 8.53. The van der Waals surface area contributed by atoms with Crippen LogP contribution < -0.4 is 25.4 Å². The Bertz CT molecular complexity index is 860. The molecule has 162 valence electrons. The lowest BCUT2D eigenvalue weighted by Crippen LogP contribution is -2.39. The summed E-state index contributed by atoms with van der Waals surface area (Å²) < 4.78 is 11.8. The van der Waals surface area contributed by atoms with E-state index in [0.29, 0.717) is 37.1 Å². The fraction of sp³-hybridized carbons (Fsp3) is 0.391. The third-order valence-electron chi connectivity index (χ3n) is 3.88. The molecule has 3 N–H and O–H groups in total. The molecule has 2 aromatic rings. The molecule has 0 heterocycles. The Morgan fingerprint density at radius 2 is 1.83 bits per heavy atom. The number of ether oxygens (including phenoxy) is 2. The number of amides is 1. The highest BCUT2D eigenvalue weighted by Gasteiger charge is 2.14. The van der Waals surface area contributed by atoms with Crippen molar-refractivity contribution in [3.05, 3.63) is 54.1 Å². The molecule has 0 atom stereocenters. The summed E-state index contributed by atoms with van der Waals surface area (Å²) in [6.07, 6.45) is 0. The van der Waals surface area contributed by atoms with E-state index in [-0.39, 0.29) is 11.5 Å². The van der Waals surface area contributed by atoms with Crippen LogP contribution in [-0.4, -0.2) is 37.7 Å². The molecule has 0 aliphatic carbocycles. The van der Waals surface area contributed by atoms with Gasteiger partial charge >= 0.3 is 0 Å². The zero-order chi connectivity index (χ0) is 22.0. The molecule has 1 amide bonds. The number of anilines is 1. The van der Waals surface area contributed by atoms with Gasteiger partial charge in [0.15, 0.2) is 5.96 Å². The second-order valence-corrected chi connectivity index (χ2v) is 7.73. The topological polar surface area (TPSA) is 84.0 Å². The van der Waals surface area contributed by atoms with Gasteiger partial charge < -0.3 is 25.4 Å². The third kappa shape index (κ3) is 8.43. The smallest absolute Gasteiger partial charge is 0.221 e. The minimum absolute atomic E-state index is 0.113. The van der Waals surface area contributed by atoms with Gasteiger partial charge in [0.1, 0.15) is 23.7 Å². The van der Waals surface area contributed by atoms with E-state index < -0.39 is 0 Å². The van der Waals surface area contributed by atoms with Crippen molar-refractivity contribution >= 4 is 17.6 Å². The Labute approximate surface area is 178 Å². The van der Waals surface area contributed by atoms with Gasteiger partial charge in [-0.05, 0) is 39.0 Å². The summed E-state index contributed by atoms with van der Waals surface area (Å²) in [7, 11) is 1.73. The van der Waals surface area contributed by atoms with E-state index in [0.717, 1.165) is 11.3 Å². The van der Waals surface area contributed by atoms with Crippen LogP contribution in [0, 0.1) is 0 Å². The van der Waals surface area contributed by atoms with E-state index in [1.807, 2.05) is 63.2 Å². The number of carbonyl (C=O) groups excluding carboxylic acids is 1. The van der Waals surface area contributed by atoms with E-state index in [1.165, 1.54) is 6.92 Å². The summed E-state index contributed by atoms with van der Waals surface area (Å²) in [5.41, 5.74) is 1.51. The number of benzene rings is 2. The second-order valence-electron chi connectivity index (χ2n) is 7.73. The van der Waals surface area contributed by atoms with Crippen LogP contribution in [0.1, 0.15) is 33.3 Å². The van der Waals surface area contributed by atoms with Crippen molar-refractivity contribution in [3.8, 4) is 11.5 Å². The van der Waals surface area contributed by atoms with Crippen molar-refractivity contribution in [2.45, 2.75) is 39.8 Å². The third-order valence-corrected chi connectivity index (χ3v) is 3.88. The molecule has 0 aliphatic rings. The number of para-hydroxylation sites is 1. The fourth-order valence-corrected chi connectivity index (χ4v) is 2.68. The molecule has 2 aromatic carbocycles. The van der Waals surface area contributed by atoms with Crippen LogP contribution in [0.25, 0.3) is 0 Å². The number of hydrogen-bond acceptors (Lipinski definition) is 4. The SMILES string of the molecule is CN=C(NCCOc1cccc(NC(C)=O)c1)NCc1ccccc1OC(C)(C)C. The van der Waals surface area contributed by atoms with E-state index in [4.69, 9.17) is 9.47 Å². The molecule has 30 heavy (non-hydrogen) atoms. The Balaban J connectivity index is 1.80. The highest BCUT2D eigenvalue weighted by atomic mass is 16.5. The van der Waals surface area contributed by atoms with E-state index in [2.05, 4.69) is 20.9 Å². The molecule has 0 unspecified atom stereocenters. The summed E-state index contributed by atoms with van der Waals surface area (Å²) in [5, 5.41) is 9.26. The molecule has 0 saturated carbocycles. The minimum Gasteiger partial charge on any atom is -0.492 e. The molecule has 0 aliphatic heterocycles. The summed E-state index contributed by atoms with van der Waals surface area (Å²) in [5.74, 6) is 2.11. The zero-order valence-electron chi connectivity index (χ0n) is 18.4. The van der Waals surface area contributed by atoms with Gasteiger partial charge in [0.05, 0.1) is 6.54 Å². The normalized spacial score (nSPS) is 11.6. The molecular weight excluding hydrogens is 380 g/mol. The molecule has 0 bridgehead atoms. The van der Waals surface area contributed by atoms with Crippen molar-refractivity contribution in [3.63, 3.8) is 0 Å². The Morgan fingerprint density at radius 3 is 2.53 bits per heavy atom. The van der Waals surface area contributed by atoms with Crippen LogP contribution in [0.2, 0.25) is 0 Å². The van der Waals surface area contributed by atoms with Crippen molar-refractivity contribution in [1.29, 1.82) is 0 Å². The number of carbonyl (C=O) groups is 1. The molecule has 7 nitrogen and oxygen atoms in total. The molecule has 0 aromatic heterocycles. The first-order chi connectivity index (χ1) is 14.3. The summed E-state index contributed by atoms with van der Waals surface area (Å²) in [6.45, 7) is 9.18. The van der Waals surface area contributed by atoms with Gasteiger partial charge in [-0.1, -0.05) is 24.3 Å². The Hall–Kier alpha value is -3.22. The number of aliphatic imine (C=N–C) groups is 1. The van der Waals surface area contributed by atoms with Crippen LogP contribution in [0.4, 0.5) is 5.69 Å². The van der Waals surface area contributed by atoms with Crippen molar-refractivity contribution < 1.29 is 14.3 Å². The van der Waals surface area contributed by atoms with Gasteiger partial charge in [0, 0.05) is 37.8 Å². The second kappa shape index (κ2) is 11.1. The fourth-order valence-electron chi connectivity index (χ4n) is 2.68. The number of hydrogen-bond donors (Lipinski definition) is 3. The van der Waals surface area contributed by atoms with Crippen LogP contribution in [0.5, 0.6) is 11.5 Å². The number of nitrogens with zero attached hydrogens (tertiary/aromatic N) is 1. The van der Waals surface area contributed by atoms with E-state index in [9.17, 15) is 4.79 Å². The van der Waals surface area contributed by atoms with Gasteiger partial charge in [-0.3, -0.25) is 9.79 Å². The van der Waals surface area contributed by atoms with Crippen LogP contribution in [0.3, 0.4) is 0 Å². The molecule has 0 saturated heterocycles. The van der Waals surface area contributed by atoms with Crippen molar-refractivity contribution in [2.24, 2.45) is 4.99 Å². The quantitative estimate of drug-likeness (QED) is 0.351. The average molecular weight is 413 g/mol. The van der Waals surface area contributed by atoms with E-state index in [1.54, 1.807) is 13.1 Å². The lowest BCUT2D eigenvalue weighted by atomic mass is 10.1. The van der Waals surface area contributed by atoms with Crippen molar-refractivity contribution in [1.82, 2.24) is 10.6 Å². The minimum atomic E-state index is -0.259. The van der Waals surface area contributed by atoms with Gasteiger partial charge in [0.25, 0.3) is 0 Å². The van der Waals surface area contributed by atoms with Crippen LogP contribution >= 0.6 is 0 Å². The summed E-state index contributed by atoms with van der Waals surface area (Å²) in [6, 6.07) is 15.3. The van der Waals surface area contributed by atoms with Gasteiger partial charge in [-0.15, -0.1) is 0 Å². The highest BCUT2D eigenvalue weighted by Crippen LogP contribution is 2.22. The first kappa shape index (κ1) is 23.1. The first-order valence-corrected chi connectivity index (χ1v) is 9.99. The lowest BCUT2D eigenvalue weighted by Gasteiger charge is -2.23. The number of guanidine groups is 1. The standard InChI is InChI=1S/C23H32N4O3/c1-17(28)27-19-10-8-11-20(15-19)29-14-13-25-22(24-5)26-16-18-9-6-7-12-21(18)30-23(2,3)4/h6-12,15H,13-14,16H2,1-5H3,(H,27,28)(H2,24,25,26). The highest BCUT2D eigenvalue weighted by molar-refractivity contribution is 5.88. The van der Waals surface area contributed by atoms with Gasteiger partial charge in [0.2, 0.25) is 5.91 Å². The molecule has 2 rings (SSSR count). The maximum Gasteiger partial charge on any atom is 0.221 e. The van der Waals surface area contributed by atoms with Crippen molar-refractivity contribution in [2.75, 3.05) is 25.5 Å². The molecule has 0 fully saturated rings. The Morgan fingerprint density at radius 1 is 1.07 bits per heavy atom. The molecule has 7 heteroatoms. The van der Waals surface area contributed by atoms with Crippen LogP contribution in [-0.2, 0) is 11.3 Å². The predicted octanol–water partition coefficient (Wildman–Crippen LogP) is 3.57. The molecular formula is C23H32N4O3. The van der Waals surface area contributed by atoms with E-state index >= 15 is 0 Å². The number of rotatable bonds is 8. The molecule has 0 radical (unpaired) electrons. The first-order valence-electron chi connectivity index (χ1n) is 9.99. The predicted molar refractivity (Wildman–Crippen MR) is 121 cm³/mol. The average Bonchev–Trinajstić information content (AvgIpc) is 2.67. The maximum atomic E-state index is 11.2. The van der Waals surface area contributed by atoms with Crippen LogP contribution in [0.15, 0.2) is 53.5 Å². The lowest BCUT2D eigenvalue weighted by molar-refractivity contribution is -0.114. The van der Waals surface area contributed by atoms with Gasteiger partial charge in [-0.2, -0.15) is 0 Å². The zero-order valence-corrected chi connectivity index (χ0v) is 18.4. The molecule has 0 spiro atoms. The maximum absolute atomic E-state index is 11.2. The summed E-state index contributed by atoms with van der Waals surface area (Å²) >= 11 is 0. The number of nitrogens with one attached hydrogen (secondary N) is 3. The van der Waals surface area contributed by atoms with Gasteiger partial charge in [-0.25, -0.2) is 0 Å². The summed E-state index contributed by atoms with van der Waals surface area (Å²) in [4.78, 5) is 15.4. The monoisotopic (exact) mass is 412 g/mol. The largest absolute Gasteiger partial charge is 0.492 e.